The van der Waals surface area contributed by atoms with Gasteiger partial charge in [0.2, 0.25) is 0 Å². The van der Waals surface area contributed by atoms with Crippen LogP contribution in [0.1, 0.15) is 25.7 Å². The lowest BCUT2D eigenvalue weighted by Crippen LogP contribution is -2.05. The summed E-state index contributed by atoms with van der Waals surface area (Å²) in [6, 6.07) is 4.58. The highest BCUT2D eigenvalue weighted by atomic mass is 35.5. The summed E-state index contributed by atoms with van der Waals surface area (Å²) in [5, 5.41) is 5.91. The molecule has 4 nitrogen and oxygen atoms in total. The van der Waals surface area contributed by atoms with Gasteiger partial charge in [0, 0.05) is 10.8 Å². The molecule has 8 heteroatoms. The third kappa shape index (κ3) is 2.76. The van der Waals surface area contributed by atoms with Crippen molar-refractivity contribution in [1.29, 1.82) is 0 Å². The van der Waals surface area contributed by atoms with E-state index in [1.165, 1.54) is 25.2 Å². The molecule has 4 rings (SSSR count). The quantitative estimate of drug-likeness (QED) is 0.578. The summed E-state index contributed by atoms with van der Waals surface area (Å²) in [5.41, 5.74) is 0.740. The Morgan fingerprint density at radius 1 is 1.17 bits per heavy atom. The molecular formula is C16H13Cl2FN4S. The minimum atomic E-state index is -0.432. The highest BCUT2D eigenvalue weighted by molar-refractivity contribution is 8.00. The van der Waals surface area contributed by atoms with E-state index in [0.29, 0.717) is 21.6 Å². The summed E-state index contributed by atoms with van der Waals surface area (Å²) in [7, 11) is 0. The van der Waals surface area contributed by atoms with Crippen LogP contribution in [0.2, 0.25) is 10.2 Å². The molecule has 0 spiro atoms. The molecule has 1 aromatic carbocycles. The van der Waals surface area contributed by atoms with Gasteiger partial charge in [-0.15, -0.1) is 11.8 Å². The Hall–Kier alpha value is -1.37. The zero-order valence-electron chi connectivity index (χ0n) is 12.5. The van der Waals surface area contributed by atoms with E-state index in [1.54, 1.807) is 28.4 Å². The van der Waals surface area contributed by atoms with Crippen LogP contribution in [0.15, 0.2) is 29.6 Å². The van der Waals surface area contributed by atoms with Crippen LogP contribution in [0.3, 0.4) is 0 Å². The average Bonchev–Trinajstić information content (AvgIpc) is 3.20. The van der Waals surface area contributed by atoms with Crippen molar-refractivity contribution in [3.63, 3.8) is 0 Å². The second-order valence-corrected chi connectivity index (χ2v) is 7.73. The first-order valence-electron chi connectivity index (χ1n) is 7.65. The van der Waals surface area contributed by atoms with Gasteiger partial charge in [0.15, 0.2) is 0 Å². The topological polar surface area (TPSA) is 43.1 Å². The fourth-order valence-electron chi connectivity index (χ4n) is 3.01. The Kier molecular flexibility index (Phi) is 4.37. The lowest BCUT2D eigenvalue weighted by molar-refractivity contribution is 0.630. The number of hydrogen-bond donors (Lipinski definition) is 0. The maximum Gasteiger partial charge on any atom is 0.254 e. The van der Waals surface area contributed by atoms with Gasteiger partial charge in [-0.2, -0.15) is 19.6 Å². The van der Waals surface area contributed by atoms with E-state index in [2.05, 4.69) is 15.1 Å². The SMILES string of the molecule is Fc1cccc(Cl)c1-c1c(Cl)nc2ncnn2c1SC1CCCC1. The van der Waals surface area contributed by atoms with E-state index in [-0.39, 0.29) is 10.7 Å². The van der Waals surface area contributed by atoms with Crippen LogP contribution < -0.4 is 0 Å². The molecule has 0 N–H and O–H groups in total. The van der Waals surface area contributed by atoms with Gasteiger partial charge in [0.05, 0.1) is 10.6 Å². The van der Waals surface area contributed by atoms with Crippen LogP contribution in [0.5, 0.6) is 0 Å². The normalized spacial score (nSPS) is 15.5. The van der Waals surface area contributed by atoms with Crippen molar-refractivity contribution in [1.82, 2.24) is 19.6 Å². The van der Waals surface area contributed by atoms with Gasteiger partial charge in [0.1, 0.15) is 22.3 Å². The zero-order valence-corrected chi connectivity index (χ0v) is 14.9. The van der Waals surface area contributed by atoms with Crippen LogP contribution in [0.4, 0.5) is 4.39 Å². The van der Waals surface area contributed by atoms with Crippen molar-refractivity contribution >= 4 is 40.7 Å². The van der Waals surface area contributed by atoms with Crippen LogP contribution in [0.25, 0.3) is 16.9 Å². The number of hydrogen-bond acceptors (Lipinski definition) is 4. The van der Waals surface area contributed by atoms with Crippen molar-refractivity contribution < 1.29 is 4.39 Å². The monoisotopic (exact) mass is 382 g/mol. The molecule has 2 heterocycles. The number of rotatable bonds is 3. The lowest BCUT2D eigenvalue weighted by Gasteiger charge is -2.16. The molecule has 0 bridgehead atoms. The minimum absolute atomic E-state index is 0.183. The Morgan fingerprint density at radius 3 is 2.71 bits per heavy atom. The second-order valence-electron chi connectivity index (χ2n) is 5.68. The largest absolute Gasteiger partial charge is 0.254 e. The maximum atomic E-state index is 14.5. The van der Waals surface area contributed by atoms with E-state index in [0.717, 1.165) is 17.9 Å². The number of thioether (sulfide) groups is 1. The Balaban J connectivity index is 1.97. The average molecular weight is 383 g/mol. The molecule has 0 radical (unpaired) electrons. The second kappa shape index (κ2) is 6.50. The minimum Gasteiger partial charge on any atom is -0.206 e. The fraction of sp³-hybridized carbons (Fsp3) is 0.312. The van der Waals surface area contributed by atoms with Crippen molar-refractivity contribution in [3.8, 4) is 11.1 Å². The van der Waals surface area contributed by atoms with Crippen molar-refractivity contribution in [2.24, 2.45) is 0 Å². The molecule has 0 atom stereocenters. The number of halogens is 3. The molecule has 1 aliphatic carbocycles. The van der Waals surface area contributed by atoms with E-state index in [9.17, 15) is 4.39 Å². The molecule has 3 aromatic rings. The van der Waals surface area contributed by atoms with Gasteiger partial charge >= 0.3 is 0 Å². The molecule has 1 aliphatic rings. The van der Waals surface area contributed by atoms with Gasteiger partial charge < -0.3 is 0 Å². The summed E-state index contributed by atoms with van der Waals surface area (Å²) >= 11 is 14.3. The molecule has 1 fully saturated rings. The summed E-state index contributed by atoms with van der Waals surface area (Å²) in [4.78, 5) is 8.36. The molecule has 24 heavy (non-hydrogen) atoms. The first-order valence-corrected chi connectivity index (χ1v) is 9.29. The van der Waals surface area contributed by atoms with Crippen LogP contribution >= 0.6 is 35.0 Å². The summed E-state index contributed by atoms with van der Waals surface area (Å²) in [6.45, 7) is 0. The van der Waals surface area contributed by atoms with E-state index in [4.69, 9.17) is 23.2 Å². The summed E-state index contributed by atoms with van der Waals surface area (Å²) in [5.74, 6) is -0.0318. The maximum absolute atomic E-state index is 14.5. The highest BCUT2D eigenvalue weighted by Crippen LogP contribution is 2.44. The van der Waals surface area contributed by atoms with Gasteiger partial charge in [0.25, 0.3) is 5.78 Å². The van der Waals surface area contributed by atoms with Crippen LogP contribution in [0, 0.1) is 5.82 Å². The standard InChI is InChI=1S/C16H13Cl2FN4S/c17-10-6-3-7-11(19)12(10)13-14(18)22-16-20-8-21-23(16)15(13)24-9-4-1-2-5-9/h3,6-9H,1-2,4-5H2. The zero-order chi connectivity index (χ0) is 16.7. The van der Waals surface area contributed by atoms with Crippen molar-refractivity contribution in [3.05, 3.63) is 40.5 Å². The number of aromatic nitrogens is 4. The van der Waals surface area contributed by atoms with E-state index >= 15 is 0 Å². The molecule has 0 unspecified atom stereocenters. The number of fused-ring (bicyclic) bond motifs is 1. The van der Waals surface area contributed by atoms with Crippen molar-refractivity contribution in [2.45, 2.75) is 36.0 Å². The Bertz CT molecular complexity index is 888. The summed E-state index contributed by atoms with van der Waals surface area (Å²) in [6.07, 6.45) is 6.06. The van der Waals surface area contributed by atoms with E-state index < -0.39 is 5.82 Å². The van der Waals surface area contributed by atoms with E-state index in [1.807, 2.05) is 0 Å². The predicted molar refractivity (Wildman–Crippen MR) is 94.3 cm³/mol. The fourth-order valence-corrected chi connectivity index (χ4v) is 5.02. The third-order valence-electron chi connectivity index (χ3n) is 4.13. The smallest absolute Gasteiger partial charge is 0.206 e. The first kappa shape index (κ1) is 16.1. The number of benzene rings is 1. The van der Waals surface area contributed by atoms with Crippen molar-refractivity contribution in [2.75, 3.05) is 0 Å². The molecule has 2 aromatic heterocycles. The highest BCUT2D eigenvalue weighted by Gasteiger charge is 2.26. The molecule has 1 saturated carbocycles. The molecular weight excluding hydrogens is 370 g/mol. The van der Waals surface area contributed by atoms with Gasteiger partial charge in [-0.25, -0.2) is 4.39 Å². The molecule has 0 saturated heterocycles. The predicted octanol–water partition coefficient (Wildman–Crippen LogP) is 5.27. The first-order chi connectivity index (χ1) is 11.6. The Labute approximate surface area is 152 Å². The molecule has 0 aliphatic heterocycles. The Morgan fingerprint density at radius 2 is 1.96 bits per heavy atom. The number of nitrogens with zero attached hydrogens (tertiary/aromatic N) is 4. The lowest BCUT2D eigenvalue weighted by atomic mass is 10.1. The third-order valence-corrected chi connectivity index (χ3v) is 6.13. The molecule has 124 valence electrons. The van der Waals surface area contributed by atoms with Gasteiger partial charge in [-0.1, -0.05) is 42.1 Å². The van der Waals surface area contributed by atoms with Crippen LogP contribution in [-0.2, 0) is 0 Å². The van der Waals surface area contributed by atoms with Gasteiger partial charge in [-0.05, 0) is 25.0 Å². The summed E-state index contributed by atoms with van der Waals surface area (Å²) < 4.78 is 16.1. The van der Waals surface area contributed by atoms with Gasteiger partial charge in [-0.3, -0.25) is 0 Å². The molecule has 0 amide bonds. The van der Waals surface area contributed by atoms with Crippen LogP contribution in [-0.4, -0.2) is 24.8 Å².